The van der Waals surface area contributed by atoms with E-state index >= 15 is 0 Å². The molecule has 1 amide bonds. The predicted molar refractivity (Wildman–Crippen MR) is 91.6 cm³/mol. The van der Waals surface area contributed by atoms with Crippen LogP contribution < -0.4 is 10.6 Å². The summed E-state index contributed by atoms with van der Waals surface area (Å²) in [6, 6.07) is 10.1. The number of carbonyl (C=O) groups is 1. The third-order valence-electron chi connectivity index (χ3n) is 4.15. The van der Waals surface area contributed by atoms with Crippen LogP contribution in [0.5, 0.6) is 0 Å². The fraction of sp³-hybridized carbons (Fsp3) is 0.444. The van der Waals surface area contributed by atoms with Crippen LogP contribution in [0.15, 0.2) is 30.3 Å². The third kappa shape index (κ3) is 4.21. The number of nitrogens with one attached hydrogen (secondary N) is 3. The lowest BCUT2D eigenvalue weighted by atomic mass is 10.1. The number of carbonyl (C=O) groups excluding carboxylic acids is 1. The van der Waals surface area contributed by atoms with E-state index in [1.54, 1.807) is 0 Å². The van der Waals surface area contributed by atoms with Gasteiger partial charge < -0.3 is 15.4 Å². The van der Waals surface area contributed by atoms with Crippen molar-refractivity contribution in [1.82, 2.24) is 20.8 Å². The van der Waals surface area contributed by atoms with Crippen molar-refractivity contribution in [3.8, 4) is 0 Å². The predicted octanol–water partition coefficient (Wildman–Crippen LogP) is 1.64. The number of hydrogen-bond donors (Lipinski definition) is 3. The Labute approximate surface area is 142 Å². The highest BCUT2D eigenvalue weighted by Gasteiger charge is 2.21. The molecule has 128 valence electrons. The molecule has 24 heavy (non-hydrogen) atoms. The van der Waals surface area contributed by atoms with E-state index in [0.29, 0.717) is 32.0 Å². The number of rotatable bonds is 7. The van der Waals surface area contributed by atoms with Crippen LogP contribution in [0.4, 0.5) is 0 Å². The van der Waals surface area contributed by atoms with E-state index in [1.807, 2.05) is 30.3 Å². The Balaban J connectivity index is 1.42. The van der Waals surface area contributed by atoms with Gasteiger partial charge in [-0.1, -0.05) is 37.3 Å². The second-order valence-electron chi connectivity index (χ2n) is 6.27. The van der Waals surface area contributed by atoms with Crippen molar-refractivity contribution in [3.05, 3.63) is 52.8 Å². The van der Waals surface area contributed by atoms with Gasteiger partial charge in [0.15, 0.2) is 5.69 Å². The molecule has 1 aromatic heterocycles. The molecule has 0 saturated carbocycles. The van der Waals surface area contributed by atoms with Crippen LogP contribution in [-0.2, 0) is 24.3 Å². The average molecular weight is 328 g/mol. The van der Waals surface area contributed by atoms with Gasteiger partial charge in [-0.2, -0.15) is 5.10 Å². The van der Waals surface area contributed by atoms with Gasteiger partial charge in [0.1, 0.15) is 0 Å². The molecule has 0 bridgehead atoms. The zero-order chi connectivity index (χ0) is 16.8. The summed E-state index contributed by atoms with van der Waals surface area (Å²) in [5.74, 6) is 0.122. The maximum absolute atomic E-state index is 12.3. The molecular weight excluding hydrogens is 304 g/mol. The van der Waals surface area contributed by atoms with Gasteiger partial charge in [0, 0.05) is 37.3 Å². The van der Waals surface area contributed by atoms with Gasteiger partial charge in [-0.3, -0.25) is 9.89 Å². The maximum Gasteiger partial charge on any atom is 0.272 e. The van der Waals surface area contributed by atoms with Crippen molar-refractivity contribution >= 4 is 5.91 Å². The number of aromatic nitrogens is 2. The van der Waals surface area contributed by atoms with Crippen molar-refractivity contribution < 1.29 is 9.53 Å². The number of hydrogen-bond acceptors (Lipinski definition) is 4. The molecule has 1 unspecified atom stereocenters. The molecule has 3 N–H and O–H groups in total. The Hall–Kier alpha value is -2.18. The Morgan fingerprint density at radius 3 is 3.04 bits per heavy atom. The molecule has 2 aromatic rings. The van der Waals surface area contributed by atoms with E-state index in [2.05, 4.69) is 27.8 Å². The van der Waals surface area contributed by atoms with Gasteiger partial charge >= 0.3 is 0 Å². The van der Waals surface area contributed by atoms with Crippen LogP contribution in [0, 0.1) is 5.92 Å². The zero-order valence-corrected chi connectivity index (χ0v) is 14.0. The minimum absolute atomic E-state index is 0.119. The molecule has 0 radical (unpaired) electrons. The van der Waals surface area contributed by atoms with Gasteiger partial charge in [0.05, 0.1) is 13.2 Å². The molecule has 6 heteroatoms. The number of ether oxygens (including phenoxy) is 1. The number of benzene rings is 1. The van der Waals surface area contributed by atoms with Crippen LogP contribution in [-0.4, -0.2) is 35.8 Å². The largest absolute Gasteiger partial charge is 0.376 e. The van der Waals surface area contributed by atoms with Crippen molar-refractivity contribution in [1.29, 1.82) is 0 Å². The van der Waals surface area contributed by atoms with E-state index in [-0.39, 0.29) is 11.8 Å². The third-order valence-corrected chi connectivity index (χ3v) is 4.15. The Morgan fingerprint density at radius 2 is 2.21 bits per heavy atom. The van der Waals surface area contributed by atoms with Crippen LogP contribution in [0.1, 0.15) is 34.2 Å². The highest BCUT2D eigenvalue weighted by Crippen LogP contribution is 2.15. The van der Waals surface area contributed by atoms with Gasteiger partial charge in [0.2, 0.25) is 0 Å². The summed E-state index contributed by atoms with van der Waals surface area (Å²) in [7, 11) is 0. The minimum Gasteiger partial charge on any atom is -0.376 e. The highest BCUT2D eigenvalue weighted by molar-refractivity contribution is 5.94. The van der Waals surface area contributed by atoms with E-state index < -0.39 is 0 Å². The summed E-state index contributed by atoms with van der Waals surface area (Å²) in [5, 5.41) is 13.4. The van der Waals surface area contributed by atoms with Crippen molar-refractivity contribution in [2.45, 2.75) is 26.5 Å². The van der Waals surface area contributed by atoms with Gasteiger partial charge in [-0.05, 0) is 11.5 Å². The lowest BCUT2D eigenvalue weighted by Crippen LogP contribution is -2.32. The highest BCUT2D eigenvalue weighted by atomic mass is 16.5. The lowest BCUT2D eigenvalue weighted by Gasteiger charge is -2.15. The normalized spacial score (nSPS) is 14.9. The summed E-state index contributed by atoms with van der Waals surface area (Å²) in [4.78, 5) is 12.3. The molecule has 0 aliphatic carbocycles. The Kier molecular flexibility index (Phi) is 5.61. The van der Waals surface area contributed by atoms with E-state index in [1.165, 1.54) is 0 Å². The van der Waals surface area contributed by atoms with E-state index in [0.717, 1.165) is 29.8 Å². The quantitative estimate of drug-likeness (QED) is 0.722. The molecular formula is C18H24N4O2. The molecule has 0 saturated heterocycles. The van der Waals surface area contributed by atoms with Crippen LogP contribution >= 0.6 is 0 Å². The van der Waals surface area contributed by atoms with Crippen molar-refractivity contribution in [2.75, 3.05) is 19.7 Å². The second-order valence-corrected chi connectivity index (χ2v) is 6.27. The summed E-state index contributed by atoms with van der Waals surface area (Å²) in [6.07, 6.45) is 0.888. The molecule has 0 fully saturated rings. The molecule has 1 aliphatic rings. The van der Waals surface area contributed by atoms with E-state index in [4.69, 9.17) is 4.74 Å². The number of amides is 1. The number of H-pyrrole nitrogens is 1. The topological polar surface area (TPSA) is 79.0 Å². The zero-order valence-electron chi connectivity index (χ0n) is 14.0. The minimum atomic E-state index is -0.119. The van der Waals surface area contributed by atoms with Gasteiger partial charge in [-0.15, -0.1) is 0 Å². The van der Waals surface area contributed by atoms with Crippen LogP contribution in [0.2, 0.25) is 0 Å². The second kappa shape index (κ2) is 8.08. The molecule has 1 aromatic carbocycles. The summed E-state index contributed by atoms with van der Waals surface area (Å²) < 4.78 is 5.71. The summed E-state index contributed by atoms with van der Waals surface area (Å²) in [6.45, 7) is 5.46. The summed E-state index contributed by atoms with van der Waals surface area (Å²) in [5.41, 5.74) is 3.73. The number of nitrogens with zero attached hydrogens (tertiary/aromatic N) is 1. The molecule has 1 atom stereocenters. The van der Waals surface area contributed by atoms with Gasteiger partial charge in [-0.25, -0.2) is 0 Å². The Morgan fingerprint density at radius 1 is 1.38 bits per heavy atom. The fourth-order valence-corrected chi connectivity index (χ4v) is 2.77. The first-order valence-corrected chi connectivity index (χ1v) is 8.40. The van der Waals surface area contributed by atoms with Crippen LogP contribution in [0.25, 0.3) is 0 Å². The first-order valence-electron chi connectivity index (χ1n) is 8.40. The monoisotopic (exact) mass is 328 g/mol. The number of aromatic amines is 1. The van der Waals surface area contributed by atoms with Gasteiger partial charge in [0.25, 0.3) is 5.91 Å². The van der Waals surface area contributed by atoms with E-state index in [9.17, 15) is 4.79 Å². The maximum atomic E-state index is 12.3. The summed E-state index contributed by atoms with van der Waals surface area (Å²) >= 11 is 0. The fourth-order valence-electron chi connectivity index (χ4n) is 2.77. The standard InChI is InChI=1S/C18H24N4O2/c1-13(11-24-12-14-5-3-2-4-6-14)9-20-18(23)17-15-10-19-8-7-16(15)21-22-17/h2-6,13,19H,7-12H2,1H3,(H,20,23)(H,21,22). The first-order chi connectivity index (χ1) is 11.7. The molecule has 6 nitrogen and oxygen atoms in total. The lowest BCUT2D eigenvalue weighted by molar-refractivity contribution is 0.0840. The Bertz CT molecular complexity index is 669. The molecule has 0 spiro atoms. The molecule has 1 aliphatic heterocycles. The van der Waals surface area contributed by atoms with Crippen molar-refractivity contribution in [3.63, 3.8) is 0 Å². The average Bonchev–Trinajstić information content (AvgIpc) is 3.05. The van der Waals surface area contributed by atoms with Crippen molar-refractivity contribution in [2.24, 2.45) is 5.92 Å². The number of fused-ring (bicyclic) bond motifs is 1. The molecule has 2 heterocycles. The first kappa shape index (κ1) is 16.7. The smallest absolute Gasteiger partial charge is 0.272 e. The molecule has 3 rings (SSSR count). The van der Waals surface area contributed by atoms with Crippen LogP contribution in [0.3, 0.4) is 0 Å². The SMILES string of the molecule is CC(CNC(=O)c1n[nH]c2c1CNCC2)COCc1ccccc1.